The van der Waals surface area contributed by atoms with Gasteiger partial charge in [0.2, 0.25) is 0 Å². The lowest BCUT2D eigenvalue weighted by Gasteiger charge is -2.35. The second-order valence-corrected chi connectivity index (χ2v) is 5.59. The average molecular weight is 357 g/mol. The molecule has 0 spiro atoms. The molecule has 114 valence electrons. The van der Waals surface area contributed by atoms with Gasteiger partial charge in [0.15, 0.2) is 0 Å². The normalized spacial score (nSPS) is 18.4. The Hall–Kier alpha value is -1.63. The summed E-state index contributed by atoms with van der Waals surface area (Å²) in [6.07, 6.45) is 3.05. The summed E-state index contributed by atoms with van der Waals surface area (Å²) in [6.45, 7) is 0.704. The highest BCUT2D eigenvalue weighted by atomic mass is 79.9. The van der Waals surface area contributed by atoms with Crippen molar-refractivity contribution in [3.63, 3.8) is 0 Å². The van der Waals surface area contributed by atoms with E-state index in [1.165, 1.54) is 25.3 Å². The van der Waals surface area contributed by atoms with Crippen molar-refractivity contribution in [2.45, 2.75) is 25.3 Å². The third-order valence-corrected chi connectivity index (χ3v) is 4.44. The second-order valence-electron chi connectivity index (χ2n) is 4.94. The van der Waals surface area contributed by atoms with Crippen molar-refractivity contribution >= 4 is 27.5 Å². The summed E-state index contributed by atoms with van der Waals surface area (Å²) in [5.74, 6) is 0.110. The number of piperidine rings is 1. The number of benzene rings is 1. The van der Waals surface area contributed by atoms with E-state index in [1.807, 2.05) is 4.90 Å². The Morgan fingerprint density at radius 3 is 2.90 bits per heavy atom. The van der Waals surface area contributed by atoms with Crippen LogP contribution in [-0.2, 0) is 0 Å². The first kappa shape index (κ1) is 15.8. The molecule has 0 aliphatic carbocycles. The lowest BCUT2D eigenvalue weighted by Crippen LogP contribution is -2.44. The topological polar surface area (TPSA) is 72.7 Å². The average Bonchev–Trinajstić information content (AvgIpc) is 2.53. The minimum absolute atomic E-state index is 0.0842. The van der Waals surface area contributed by atoms with Gasteiger partial charge in [0.05, 0.1) is 23.7 Å². The molecule has 2 rings (SSSR count). The predicted molar refractivity (Wildman–Crippen MR) is 82.1 cm³/mol. The zero-order valence-corrected chi connectivity index (χ0v) is 13.3. The molecular weight excluding hydrogens is 340 g/mol. The number of halogens is 1. The molecule has 1 unspecified atom stereocenters. The molecule has 1 aromatic rings. The summed E-state index contributed by atoms with van der Waals surface area (Å²) >= 11 is 3.44. The Kier molecular flexibility index (Phi) is 5.17. The van der Waals surface area contributed by atoms with Gasteiger partial charge in [-0.3, -0.25) is 14.9 Å². The molecule has 1 saturated heterocycles. The van der Waals surface area contributed by atoms with Gasteiger partial charge in [0.1, 0.15) is 5.75 Å². The summed E-state index contributed by atoms with van der Waals surface area (Å²) in [5, 5.41) is 11.5. The van der Waals surface area contributed by atoms with Gasteiger partial charge >= 0.3 is 0 Å². The van der Waals surface area contributed by atoms with E-state index in [0.29, 0.717) is 12.1 Å². The Bertz CT molecular complexity index is 550. The van der Waals surface area contributed by atoms with E-state index >= 15 is 0 Å². The number of rotatable bonds is 4. The number of alkyl halides is 1. The number of nitro benzene ring substituents is 1. The Labute approximate surface area is 131 Å². The number of carbonyl (C=O) groups excluding carboxylic acids is 1. The van der Waals surface area contributed by atoms with Crippen LogP contribution in [0.4, 0.5) is 5.69 Å². The van der Waals surface area contributed by atoms with Crippen LogP contribution in [0.25, 0.3) is 0 Å². The monoisotopic (exact) mass is 356 g/mol. The second kappa shape index (κ2) is 6.89. The minimum Gasteiger partial charge on any atom is -0.496 e. The molecule has 1 amide bonds. The molecule has 1 atom stereocenters. The van der Waals surface area contributed by atoms with E-state index < -0.39 is 4.92 Å². The van der Waals surface area contributed by atoms with Crippen LogP contribution in [-0.4, -0.2) is 40.8 Å². The third-order valence-electron chi connectivity index (χ3n) is 3.69. The highest BCUT2D eigenvalue weighted by Crippen LogP contribution is 2.28. The number of hydrogen-bond acceptors (Lipinski definition) is 4. The van der Waals surface area contributed by atoms with Gasteiger partial charge in [-0.1, -0.05) is 15.9 Å². The van der Waals surface area contributed by atoms with Crippen molar-refractivity contribution in [2.24, 2.45) is 0 Å². The van der Waals surface area contributed by atoms with Crippen LogP contribution in [0.5, 0.6) is 5.75 Å². The summed E-state index contributed by atoms with van der Waals surface area (Å²) in [7, 11) is 1.41. The lowest BCUT2D eigenvalue weighted by molar-refractivity contribution is -0.384. The van der Waals surface area contributed by atoms with Gasteiger partial charge in [-0.15, -0.1) is 0 Å². The molecule has 1 heterocycles. The summed E-state index contributed by atoms with van der Waals surface area (Å²) in [5.41, 5.74) is 0.287. The van der Waals surface area contributed by atoms with E-state index in [9.17, 15) is 14.9 Å². The first-order valence-electron chi connectivity index (χ1n) is 6.78. The van der Waals surface area contributed by atoms with Crippen molar-refractivity contribution in [1.29, 1.82) is 0 Å². The van der Waals surface area contributed by atoms with Crippen LogP contribution in [0.2, 0.25) is 0 Å². The van der Waals surface area contributed by atoms with E-state index in [1.54, 1.807) is 0 Å². The molecule has 0 bridgehead atoms. The van der Waals surface area contributed by atoms with E-state index in [2.05, 4.69) is 15.9 Å². The first-order chi connectivity index (χ1) is 10.1. The number of likely N-dealkylation sites (tertiary alicyclic amines) is 1. The molecule has 6 nitrogen and oxygen atoms in total. The molecule has 1 fully saturated rings. The van der Waals surface area contributed by atoms with Gasteiger partial charge in [0.25, 0.3) is 11.6 Å². The maximum Gasteiger partial charge on any atom is 0.273 e. The van der Waals surface area contributed by atoms with Crippen molar-refractivity contribution in [3.05, 3.63) is 33.9 Å². The largest absolute Gasteiger partial charge is 0.496 e. The number of nitro groups is 1. The molecule has 21 heavy (non-hydrogen) atoms. The number of carbonyl (C=O) groups is 1. The van der Waals surface area contributed by atoms with E-state index in [0.717, 1.165) is 24.6 Å². The van der Waals surface area contributed by atoms with Gasteiger partial charge in [-0.05, 0) is 25.3 Å². The molecule has 1 aliphatic heterocycles. The van der Waals surface area contributed by atoms with Gasteiger partial charge in [-0.25, -0.2) is 0 Å². The van der Waals surface area contributed by atoms with Crippen LogP contribution >= 0.6 is 15.9 Å². The van der Waals surface area contributed by atoms with E-state index in [-0.39, 0.29) is 23.4 Å². The fraction of sp³-hybridized carbons (Fsp3) is 0.500. The zero-order valence-electron chi connectivity index (χ0n) is 11.8. The van der Waals surface area contributed by atoms with Gasteiger partial charge < -0.3 is 9.64 Å². The molecule has 0 saturated carbocycles. The molecule has 1 aromatic carbocycles. The maximum absolute atomic E-state index is 12.7. The first-order valence-corrected chi connectivity index (χ1v) is 7.90. The Balaban J connectivity index is 2.31. The number of hydrogen-bond donors (Lipinski definition) is 0. The highest BCUT2D eigenvalue weighted by Gasteiger charge is 2.29. The van der Waals surface area contributed by atoms with Crippen LogP contribution in [0.1, 0.15) is 29.6 Å². The molecule has 0 radical (unpaired) electrons. The Morgan fingerprint density at radius 2 is 2.29 bits per heavy atom. The van der Waals surface area contributed by atoms with Crippen molar-refractivity contribution < 1.29 is 14.5 Å². The maximum atomic E-state index is 12.7. The summed E-state index contributed by atoms with van der Waals surface area (Å²) in [4.78, 5) is 24.8. The van der Waals surface area contributed by atoms with Crippen molar-refractivity contribution in [1.82, 2.24) is 4.90 Å². The quantitative estimate of drug-likeness (QED) is 0.472. The van der Waals surface area contributed by atoms with Crippen LogP contribution < -0.4 is 4.74 Å². The highest BCUT2D eigenvalue weighted by molar-refractivity contribution is 9.09. The fourth-order valence-corrected chi connectivity index (χ4v) is 3.23. The molecule has 0 aromatic heterocycles. The zero-order chi connectivity index (χ0) is 15.4. The van der Waals surface area contributed by atoms with E-state index in [4.69, 9.17) is 4.74 Å². The standard InChI is InChI=1S/C14H17BrN2O4/c1-21-13-8-10(17(19)20)5-6-12(13)14(18)16-7-3-2-4-11(16)9-15/h5-6,8,11H,2-4,7,9H2,1H3. The number of amides is 1. The summed E-state index contributed by atoms with van der Waals surface area (Å²) in [6, 6.07) is 4.26. The molecule has 1 aliphatic rings. The number of methoxy groups -OCH3 is 1. The third kappa shape index (κ3) is 3.34. The number of non-ortho nitro benzene ring substituents is 1. The van der Waals surface area contributed by atoms with Crippen LogP contribution in [0.15, 0.2) is 18.2 Å². The van der Waals surface area contributed by atoms with Crippen molar-refractivity contribution in [3.8, 4) is 5.75 Å². The lowest BCUT2D eigenvalue weighted by atomic mass is 10.0. The SMILES string of the molecule is COc1cc([N+](=O)[O-])ccc1C(=O)N1CCCCC1CBr. The van der Waals surface area contributed by atoms with Gasteiger partial charge in [-0.2, -0.15) is 0 Å². The predicted octanol–water partition coefficient (Wildman–Crippen LogP) is 2.99. The van der Waals surface area contributed by atoms with Gasteiger partial charge in [0, 0.05) is 24.0 Å². The minimum atomic E-state index is -0.501. The van der Waals surface area contributed by atoms with Crippen molar-refractivity contribution in [2.75, 3.05) is 19.0 Å². The van der Waals surface area contributed by atoms with Crippen LogP contribution in [0, 0.1) is 10.1 Å². The number of nitrogens with zero attached hydrogens (tertiary/aromatic N) is 2. The smallest absolute Gasteiger partial charge is 0.273 e. The fourth-order valence-electron chi connectivity index (χ4n) is 2.55. The summed E-state index contributed by atoms with van der Waals surface area (Å²) < 4.78 is 5.15. The number of ether oxygens (including phenoxy) is 1. The molecule has 0 N–H and O–H groups in total. The molecule has 7 heteroatoms. The Morgan fingerprint density at radius 1 is 1.52 bits per heavy atom. The van der Waals surface area contributed by atoms with Crippen LogP contribution in [0.3, 0.4) is 0 Å². The molecular formula is C14H17BrN2O4.